The van der Waals surface area contributed by atoms with E-state index < -0.39 is 0 Å². The standard InChI is InChI=1S/C25H24N4O2/c30-25(23-9-5-4-8-22(23)20-6-2-1-3-7-20)29-12-13-31-18-19(16-29)14-21-17-28-11-10-26-24(28)15-27-21/h1-11,15,17,19H,12-14,16,18H2. The SMILES string of the molecule is O=C(c1ccccc1-c1ccccc1)N1CCOCC(Cc2cn3ccnc3cn2)C1. The summed E-state index contributed by atoms with van der Waals surface area (Å²) in [6.45, 7) is 2.40. The van der Waals surface area contributed by atoms with Gasteiger partial charge >= 0.3 is 0 Å². The molecule has 31 heavy (non-hydrogen) atoms. The van der Waals surface area contributed by atoms with E-state index in [2.05, 4.69) is 9.97 Å². The van der Waals surface area contributed by atoms with Gasteiger partial charge in [-0.2, -0.15) is 0 Å². The van der Waals surface area contributed by atoms with Crippen molar-refractivity contribution in [3.63, 3.8) is 0 Å². The fraction of sp³-hybridized carbons (Fsp3) is 0.240. The second kappa shape index (κ2) is 8.70. The maximum atomic E-state index is 13.5. The number of ether oxygens (including phenoxy) is 1. The lowest BCUT2D eigenvalue weighted by Crippen LogP contribution is -2.36. The van der Waals surface area contributed by atoms with Crippen molar-refractivity contribution >= 4 is 11.6 Å². The first-order valence-corrected chi connectivity index (χ1v) is 10.6. The molecule has 1 saturated heterocycles. The second-order valence-corrected chi connectivity index (χ2v) is 7.88. The molecule has 0 spiro atoms. The Labute approximate surface area is 181 Å². The minimum atomic E-state index is 0.0490. The Morgan fingerprint density at radius 3 is 2.81 bits per heavy atom. The number of rotatable bonds is 4. The van der Waals surface area contributed by atoms with Gasteiger partial charge in [0.25, 0.3) is 5.91 Å². The van der Waals surface area contributed by atoms with Gasteiger partial charge in [0.2, 0.25) is 0 Å². The zero-order valence-corrected chi connectivity index (χ0v) is 17.2. The molecule has 1 amide bonds. The van der Waals surface area contributed by atoms with Crippen molar-refractivity contribution in [2.45, 2.75) is 6.42 Å². The third-order valence-corrected chi connectivity index (χ3v) is 5.70. The van der Waals surface area contributed by atoms with Crippen molar-refractivity contribution < 1.29 is 9.53 Å². The highest BCUT2D eigenvalue weighted by atomic mass is 16.5. The van der Waals surface area contributed by atoms with Crippen molar-refractivity contribution in [2.75, 3.05) is 26.3 Å². The van der Waals surface area contributed by atoms with Crippen LogP contribution in [0.15, 0.2) is 79.4 Å². The molecule has 5 rings (SSSR count). The molecule has 1 aliphatic rings. The molecule has 0 bridgehead atoms. The molecule has 4 aromatic rings. The molecule has 0 saturated carbocycles. The van der Waals surface area contributed by atoms with E-state index in [1.807, 2.05) is 76.3 Å². The quantitative estimate of drug-likeness (QED) is 0.513. The van der Waals surface area contributed by atoms with E-state index in [0.717, 1.165) is 34.5 Å². The predicted molar refractivity (Wildman–Crippen MR) is 119 cm³/mol. The van der Waals surface area contributed by atoms with Gasteiger partial charge in [0, 0.05) is 43.2 Å². The molecule has 1 unspecified atom stereocenters. The third kappa shape index (κ3) is 4.20. The van der Waals surface area contributed by atoms with Gasteiger partial charge in [-0.25, -0.2) is 4.98 Å². The van der Waals surface area contributed by atoms with Crippen LogP contribution in [0, 0.1) is 5.92 Å². The Hall–Kier alpha value is -3.51. The van der Waals surface area contributed by atoms with Crippen LogP contribution in [0.5, 0.6) is 0 Å². The molecule has 6 heteroatoms. The summed E-state index contributed by atoms with van der Waals surface area (Å²) in [7, 11) is 0. The summed E-state index contributed by atoms with van der Waals surface area (Å²) in [6, 6.07) is 17.9. The minimum absolute atomic E-state index is 0.0490. The zero-order valence-electron chi connectivity index (χ0n) is 17.2. The number of hydrogen-bond acceptors (Lipinski definition) is 4. The maximum absolute atomic E-state index is 13.5. The number of carbonyl (C=O) groups excluding carboxylic acids is 1. The van der Waals surface area contributed by atoms with Crippen LogP contribution in [0.1, 0.15) is 16.1 Å². The van der Waals surface area contributed by atoms with Gasteiger partial charge in [0.1, 0.15) is 0 Å². The number of fused-ring (bicyclic) bond motifs is 1. The van der Waals surface area contributed by atoms with Crippen LogP contribution in [0.25, 0.3) is 16.8 Å². The van der Waals surface area contributed by atoms with Gasteiger partial charge in [-0.05, 0) is 23.6 Å². The number of amides is 1. The maximum Gasteiger partial charge on any atom is 0.254 e. The van der Waals surface area contributed by atoms with Gasteiger partial charge in [-0.1, -0.05) is 48.5 Å². The Bertz CT molecular complexity index is 1190. The summed E-state index contributed by atoms with van der Waals surface area (Å²) in [6.07, 6.45) is 8.22. The summed E-state index contributed by atoms with van der Waals surface area (Å²) >= 11 is 0. The fourth-order valence-corrected chi connectivity index (χ4v) is 4.17. The first-order valence-electron chi connectivity index (χ1n) is 10.6. The molecule has 2 aromatic heterocycles. The van der Waals surface area contributed by atoms with Crippen LogP contribution in [0.3, 0.4) is 0 Å². The normalized spacial score (nSPS) is 16.9. The summed E-state index contributed by atoms with van der Waals surface area (Å²) in [4.78, 5) is 24.2. The van der Waals surface area contributed by atoms with Gasteiger partial charge in [-0.3, -0.25) is 9.78 Å². The molecule has 1 aliphatic heterocycles. The molecule has 6 nitrogen and oxygen atoms in total. The lowest BCUT2D eigenvalue weighted by Gasteiger charge is -2.24. The van der Waals surface area contributed by atoms with Crippen molar-refractivity contribution in [2.24, 2.45) is 5.92 Å². The van der Waals surface area contributed by atoms with Crippen LogP contribution >= 0.6 is 0 Å². The highest BCUT2D eigenvalue weighted by molar-refractivity contribution is 6.00. The van der Waals surface area contributed by atoms with Crippen LogP contribution in [-0.4, -0.2) is 51.5 Å². The van der Waals surface area contributed by atoms with Gasteiger partial charge in [0.15, 0.2) is 5.65 Å². The van der Waals surface area contributed by atoms with E-state index in [-0.39, 0.29) is 11.8 Å². The molecule has 3 heterocycles. The second-order valence-electron chi connectivity index (χ2n) is 7.88. The van der Waals surface area contributed by atoms with E-state index in [1.54, 1.807) is 12.4 Å². The van der Waals surface area contributed by atoms with E-state index >= 15 is 0 Å². The van der Waals surface area contributed by atoms with Crippen LogP contribution in [-0.2, 0) is 11.2 Å². The highest BCUT2D eigenvalue weighted by Gasteiger charge is 2.25. The predicted octanol–water partition coefficient (Wildman–Crippen LogP) is 3.73. The largest absolute Gasteiger partial charge is 0.379 e. The number of nitrogens with zero attached hydrogens (tertiary/aromatic N) is 4. The molecule has 156 valence electrons. The lowest BCUT2D eigenvalue weighted by atomic mass is 9.98. The number of hydrogen-bond donors (Lipinski definition) is 0. The van der Waals surface area contributed by atoms with Crippen LogP contribution in [0.4, 0.5) is 0 Å². The summed E-state index contributed by atoms with van der Waals surface area (Å²) in [5.74, 6) is 0.233. The molecule has 0 aliphatic carbocycles. The Morgan fingerprint density at radius 1 is 1.06 bits per heavy atom. The molecular formula is C25H24N4O2. The monoisotopic (exact) mass is 412 g/mol. The average molecular weight is 412 g/mol. The van der Waals surface area contributed by atoms with Crippen LogP contribution < -0.4 is 0 Å². The van der Waals surface area contributed by atoms with Gasteiger partial charge in [0.05, 0.1) is 25.1 Å². The average Bonchev–Trinajstić information content (AvgIpc) is 3.16. The van der Waals surface area contributed by atoms with Gasteiger partial charge in [-0.15, -0.1) is 0 Å². The Balaban J connectivity index is 1.37. The number of benzene rings is 2. The molecule has 2 aromatic carbocycles. The van der Waals surface area contributed by atoms with E-state index in [4.69, 9.17) is 4.74 Å². The van der Waals surface area contributed by atoms with Crippen molar-refractivity contribution in [1.82, 2.24) is 19.3 Å². The Kier molecular flexibility index (Phi) is 5.46. The topological polar surface area (TPSA) is 59.7 Å². The zero-order chi connectivity index (χ0) is 21.0. The number of carbonyl (C=O) groups is 1. The molecule has 0 N–H and O–H groups in total. The van der Waals surface area contributed by atoms with E-state index in [9.17, 15) is 4.79 Å². The number of imidazole rings is 1. The van der Waals surface area contributed by atoms with Crippen LogP contribution in [0.2, 0.25) is 0 Å². The summed E-state index contributed by atoms with van der Waals surface area (Å²) < 4.78 is 7.81. The smallest absolute Gasteiger partial charge is 0.254 e. The van der Waals surface area contributed by atoms with Gasteiger partial charge < -0.3 is 14.0 Å². The minimum Gasteiger partial charge on any atom is -0.379 e. The summed E-state index contributed by atoms with van der Waals surface area (Å²) in [5.41, 5.74) is 4.54. The summed E-state index contributed by atoms with van der Waals surface area (Å²) in [5, 5.41) is 0. The lowest BCUT2D eigenvalue weighted by molar-refractivity contribution is 0.0738. The fourth-order valence-electron chi connectivity index (χ4n) is 4.17. The highest BCUT2D eigenvalue weighted by Crippen LogP contribution is 2.25. The molecule has 1 fully saturated rings. The molecular weight excluding hydrogens is 388 g/mol. The van der Waals surface area contributed by atoms with Crippen molar-refractivity contribution in [1.29, 1.82) is 0 Å². The first kappa shape index (κ1) is 19.5. The first-order chi connectivity index (χ1) is 15.3. The van der Waals surface area contributed by atoms with Crippen molar-refractivity contribution in [3.8, 4) is 11.1 Å². The number of aromatic nitrogens is 3. The van der Waals surface area contributed by atoms with E-state index in [0.29, 0.717) is 26.3 Å². The molecule has 1 atom stereocenters. The third-order valence-electron chi connectivity index (χ3n) is 5.70. The van der Waals surface area contributed by atoms with E-state index in [1.165, 1.54) is 0 Å². The molecule has 0 radical (unpaired) electrons. The Morgan fingerprint density at radius 2 is 1.90 bits per heavy atom. The van der Waals surface area contributed by atoms with Crippen molar-refractivity contribution in [3.05, 3.63) is 90.6 Å².